The molecular formula is C14H13BrClNO2. The summed E-state index contributed by atoms with van der Waals surface area (Å²) in [6, 6.07) is 10.9. The highest BCUT2D eigenvalue weighted by atomic mass is 79.9. The van der Waals surface area contributed by atoms with Gasteiger partial charge in [-0.05, 0) is 36.4 Å². The number of halogens is 2. The molecule has 2 N–H and O–H groups in total. The summed E-state index contributed by atoms with van der Waals surface area (Å²) in [5.74, 6) is 1.38. The zero-order valence-corrected chi connectivity index (χ0v) is 12.7. The number of hydrogen-bond donors (Lipinski definition) is 1. The molecule has 0 amide bonds. The molecular weight excluding hydrogens is 330 g/mol. The predicted octanol–water partition coefficient (Wildman–Crippen LogP) is 4.27. The Kier molecular flexibility index (Phi) is 4.56. The number of nitrogen functional groups attached to an aromatic ring is 1. The standard InChI is InChI=1S/C14H13BrClNO2/c1-18-13-4-2-10(15)6-9(13)8-19-14-5-3-11(16)7-12(14)17/h2-7H,8,17H2,1H3. The summed E-state index contributed by atoms with van der Waals surface area (Å²) in [7, 11) is 1.63. The fourth-order valence-electron chi connectivity index (χ4n) is 1.67. The first-order valence-electron chi connectivity index (χ1n) is 5.60. The molecule has 0 aliphatic carbocycles. The molecule has 0 saturated heterocycles. The molecule has 19 heavy (non-hydrogen) atoms. The van der Waals surface area contributed by atoms with Crippen molar-refractivity contribution in [2.45, 2.75) is 6.61 Å². The summed E-state index contributed by atoms with van der Waals surface area (Å²) >= 11 is 9.26. The molecule has 0 saturated carbocycles. The first-order valence-corrected chi connectivity index (χ1v) is 6.77. The van der Waals surface area contributed by atoms with Gasteiger partial charge in [0.2, 0.25) is 0 Å². The maximum absolute atomic E-state index is 5.84. The zero-order chi connectivity index (χ0) is 13.8. The van der Waals surface area contributed by atoms with Crippen LogP contribution in [0.5, 0.6) is 11.5 Å². The smallest absolute Gasteiger partial charge is 0.142 e. The van der Waals surface area contributed by atoms with Crippen molar-refractivity contribution in [3.05, 3.63) is 51.5 Å². The van der Waals surface area contributed by atoms with Crippen LogP contribution < -0.4 is 15.2 Å². The number of nitrogens with two attached hydrogens (primary N) is 1. The number of ether oxygens (including phenoxy) is 2. The van der Waals surface area contributed by atoms with Crippen LogP contribution >= 0.6 is 27.5 Å². The van der Waals surface area contributed by atoms with Crippen molar-refractivity contribution in [1.29, 1.82) is 0 Å². The number of methoxy groups -OCH3 is 1. The number of benzene rings is 2. The fraction of sp³-hybridized carbons (Fsp3) is 0.143. The molecule has 0 aliphatic rings. The van der Waals surface area contributed by atoms with E-state index < -0.39 is 0 Å². The molecule has 0 aromatic heterocycles. The third kappa shape index (κ3) is 3.55. The van der Waals surface area contributed by atoms with Crippen molar-refractivity contribution >= 4 is 33.2 Å². The van der Waals surface area contributed by atoms with Gasteiger partial charge in [0.05, 0.1) is 12.8 Å². The molecule has 2 aromatic rings. The molecule has 0 atom stereocenters. The molecule has 3 nitrogen and oxygen atoms in total. The lowest BCUT2D eigenvalue weighted by atomic mass is 10.2. The molecule has 0 spiro atoms. The van der Waals surface area contributed by atoms with Crippen molar-refractivity contribution in [1.82, 2.24) is 0 Å². The summed E-state index contributed by atoms with van der Waals surface area (Å²) in [5.41, 5.74) is 7.29. The second-order valence-corrected chi connectivity index (χ2v) is 5.28. The Labute approximate surface area is 125 Å². The normalized spacial score (nSPS) is 10.3. The van der Waals surface area contributed by atoms with Gasteiger partial charge in [-0.1, -0.05) is 27.5 Å². The van der Waals surface area contributed by atoms with Gasteiger partial charge in [-0.15, -0.1) is 0 Å². The van der Waals surface area contributed by atoms with Crippen LogP contribution in [0.4, 0.5) is 5.69 Å². The van der Waals surface area contributed by atoms with E-state index in [1.165, 1.54) is 0 Å². The lowest BCUT2D eigenvalue weighted by Gasteiger charge is -2.12. The lowest BCUT2D eigenvalue weighted by Crippen LogP contribution is -2.01. The molecule has 0 heterocycles. The first kappa shape index (κ1) is 14.0. The minimum atomic E-state index is 0.369. The van der Waals surface area contributed by atoms with E-state index >= 15 is 0 Å². The Morgan fingerprint density at radius 1 is 1.16 bits per heavy atom. The third-order valence-corrected chi connectivity index (χ3v) is 3.33. The quantitative estimate of drug-likeness (QED) is 0.844. The summed E-state index contributed by atoms with van der Waals surface area (Å²) in [6.45, 7) is 0.369. The number of hydrogen-bond acceptors (Lipinski definition) is 3. The van der Waals surface area contributed by atoms with Gasteiger partial charge < -0.3 is 15.2 Å². The Balaban J connectivity index is 2.16. The Hall–Kier alpha value is -1.39. The van der Waals surface area contributed by atoms with E-state index in [0.717, 1.165) is 15.8 Å². The average molecular weight is 343 g/mol. The van der Waals surface area contributed by atoms with Crippen LogP contribution in [0.25, 0.3) is 0 Å². The average Bonchev–Trinajstić information content (AvgIpc) is 2.38. The fourth-order valence-corrected chi connectivity index (χ4v) is 2.26. The lowest BCUT2D eigenvalue weighted by molar-refractivity contribution is 0.298. The second kappa shape index (κ2) is 6.17. The molecule has 0 aliphatic heterocycles. The van der Waals surface area contributed by atoms with E-state index in [-0.39, 0.29) is 0 Å². The number of rotatable bonds is 4. The van der Waals surface area contributed by atoms with Crippen LogP contribution in [-0.2, 0) is 6.61 Å². The SMILES string of the molecule is COc1ccc(Br)cc1COc1ccc(Cl)cc1N. The maximum atomic E-state index is 5.84. The second-order valence-electron chi connectivity index (χ2n) is 3.93. The van der Waals surface area contributed by atoms with Gasteiger partial charge in [0.25, 0.3) is 0 Å². The Morgan fingerprint density at radius 2 is 1.89 bits per heavy atom. The maximum Gasteiger partial charge on any atom is 0.142 e. The van der Waals surface area contributed by atoms with Crippen molar-refractivity contribution in [2.75, 3.05) is 12.8 Å². The Bertz CT molecular complexity index is 590. The summed E-state index contributed by atoms with van der Waals surface area (Å²) in [6.07, 6.45) is 0. The van der Waals surface area contributed by atoms with Crippen LogP contribution in [0.3, 0.4) is 0 Å². The van der Waals surface area contributed by atoms with E-state index in [2.05, 4.69) is 15.9 Å². The van der Waals surface area contributed by atoms with E-state index in [1.54, 1.807) is 25.3 Å². The molecule has 0 fully saturated rings. The highest BCUT2D eigenvalue weighted by Gasteiger charge is 2.06. The van der Waals surface area contributed by atoms with Crippen LogP contribution in [0, 0.1) is 0 Å². The van der Waals surface area contributed by atoms with Gasteiger partial charge >= 0.3 is 0 Å². The van der Waals surface area contributed by atoms with Gasteiger partial charge in [-0.3, -0.25) is 0 Å². The molecule has 5 heteroatoms. The van der Waals surface area contributed by atoms with E-state index in [0.29, 0.717) is 23.1 Å². The van der Waals surface area contributed by atoms with E-state index in [1.807, 2.05) is 18.2 Å². The molecule has 2 aromatic carbocycles. The predicted molar refractivity (Wildman–Crippen MR) is 80.9 cm³/mol. The summed E-state index contributed by atoms with van der Waals surface area (Å²) < 4.78 is 11.9. The highest BCUT2D eigenvalue weighted by molar-refractivity contribution is 9.10. The van der Waals surface area contributed by atoms with E-state index in [9.17, 15) is 0 Å². The highest BCUT2D eigenvalue weighted by Crippen LogP contribution is 2.28. The van der Waals surface area contributed by atoms with Crippen LogP contribution in [-0.4, -0.2) is 7.11 Å². The van der Waals surface area contributed by atoms with Crippen molar-refractivity contribution in [2.24, 2.45) is 0 Å². The van der Waals surface area contributed by atoms with Gasteiger partial charge in [0.15, 0.2) is 0 Å². The van der Waals surface area contributed by atoms with Gasteiger partial charge in [-0.2, -0.15) is 0 Å². The van der Waals surface area contributed by atoms with Crippen molar-refractivity contribution in [3.63, 3.8) is 0 Å². The van der Waals surface area contributed by atoms with E-state index in [4.69, 9.17) is 26.8 Å². The summed E-state index contributed by atoms with van der Waals surface area (Å²) in [4.78, 5) is 0. The van der Waals surface area contributed by atoms with Crippen LogP contribution in [0.1, 0.15) is 5.56 Å². The number of anilines is 1. The van der Waals surface area contributed by atoms with Crippen molar-refractivity contribution < 1.29 is 9.47 Å². The largest absolute Gasteiger partial charge is 0.496 e. The van der Waals surface area contributed by atoms with Crippen LogP contribution in [0.15, 0.2) is 40.9 Å². The molecule has 0 radical (unpaired) electrons. The van der Waals surface area contributed by atoms with Crippen LogP contribution in [0.2, 0.25) is 5.02 Å². The minimum absolute atomic E-state index is 0.369. The molecule has 0 unspecified atom stereocenters. The molecule has 100 valence electrons. The monoisotopic (exact) mass is 341 g/mol. The molecule has 0 bridgehead atoms. The zero-order valence-electron chi connectivity index (χ0n) is 10.3. The topological polar surface area (TPSA) is 44.5 Å². The van der Waals surface area contributed by atoms with Crippen molar-refractivity contribution in [3.8, 4) is 11.5 Å². The Morgan fingerprint density at radius 3 is 2.58 bits per heavy atom. The van der Waals surface area contributed by atoms with Gasteiger partial charge in [-0.25, -0.2) is 0 Å². The summed E-state index contributed by atoms with van der Waals surface area (Å²) in [5, 5.41) is 0.588. The molecule has 2 rings (SSSR count). The first-order chi connectivity index (χ1) is 9.10. The van der Waals surface area contributed by atoms with Gasteiger partial charge in [0, 0.05) is 15.1 Å². The third-order valence-electron chi connectivity index (χ3n) is 2.60. The van der Waals surface area contributed by atoms with Gasteiger partial charge in [0.1, 0.15) is 18.1 Å². The minimum Gasteiger partial charge on any atom is -0.496 e.